The van der Waals surface area contributed by atoms with E-state index in [0.29, 0.717) is 0 Å². The van der Waals surface area contributed by atoms with Crippen molar-refractivity contribution in [2.24, 2.45) is 0 Å². The Labute approximate surface area is 113 Å². The first-order chi connectivity index (χ1) is 9.25. The van der Waals surface area contributed by atoms with E-state index in [0.717, 1.165) is 57.6 Å². The van der Waals surface area contributed by atoms with Gasteiger partial charge in [0.15, 0.2) is 0 Å². The Kier molecular flexibility index (Phi) is 3.52. The molecule has 0 radical (unpaired) electrons. The molecule has 2 aliphatic rings. The van der Waals surface area contributed by atoms with Crippen LogP contribution in [0.2, 0.25) is 0 Å². The van der Waals surface area contributed by atoms with Gasteiger partial charge >= 0.3 is 0 Å². The summed E-state index contributed by atoms with van der Waals surface area (Å²) >= 11 is 0. The van der Waals surface area contributed by atoms with Gasteiger partial charge in [-0.3, -0.25) is 0 Å². The molecular formula is C13H21N5O. The molecule has 2 aliphatic heterocycles. The van der Waals surface area contributed by atoms with Crippen LogP contribution in [0.25, 0.3) is 0 Å². The molecule has 0 spiro atoms. The van der Waals surface area contributed by atoms with Crippen LogP contribution in [0.3, 0.4) is 0 Å². The quantitative estimate of drug-likeness (QED) is 0.812. The number of rotatable bonds is 2. The van der Waals surface area contributed by atoms with E-state index in [4.69, 9.17) is 14.7 Å². The van der Waals surface area contributed by atoms with E-state index >= 15 is 0 Å². The Morgan fingerprint density at radius 3 is 2.74 bits per heavy atom. The molecule has 1 saturated heterocycles. The minimum absolute atomic E-state index is 0.763. The molecule has 0 aliphatic carbocycles. The molecule has 1 N–H and O–H groups in total. The van der Waals surface area contributed by atoms with E-state index in [-0.39, 0.29) is 0 Å². The van der Waals surface area contributed by atoms with E-state index in [1.165, 1.54) is 11.3 Å². The zero-order valence-corrected chi connectivity index (χ0v) is 11.6. The van der Waals surface area contributed by atoms with Crippen LogP contribution in [0.15, 0.2) is 0 Å². The van der Waals surface area contributed by atoms with Gasteiger partial charge in [-0.1, -0.05) is 0 Å². The SMILES string of the molecule is CN(C)c1nc(N2CCOCC2)nc2c1CNCC2. The highest BCUT2D eigenvalue weighted by molar-refractivity contribution is 5.53. The van der Waals surface area contributed by atoms with Crippen molar-refractivity contribution in [2.45, 2.75) is 13.0 Å². The molecule has 1 fully saturated rings. The summed E-state index contributed by atoms with van der Waals surface area (Å²) in [5, 5.41) is 3.39. The number of fused-ring (bicyclic) bond motifs is 1. The van der Waals surface area contributed by atoms with Crippen LogP contribution in [0.5, 0.6) is 0 Å². The Balaban J connectivity index is 1.98. The molecule has 6 heteroatoms. The van der Waals surface area contributed by atoms with Gasteiger partial charge in [-0.05, 0) is 0 Å². The number of hydrogen-bond acceptors (Lipinski definition) is 6. The fraction of sp³-hybridized carbons (Fsp3) is 0.692. The molecule has 3 heterocycles. The van der Waals surface area contributed by atoms with E-state index < -0.39 is 0 Å². The fourth-order valence-electron chi connectivity index (χ4n) is 2.59. The Bertz CT molecular complexity index is 457. The van der Waals surface area contributed by atoms with Crippen molar-refractivity contribution in [3.63, 3.8) is 0 Å². The van der Waals surface area contributed by atoms with Crippen LogP contribution in [-0.4, -0.2) is 56.9 Å². The van der Waals surface area contributed by atoms with E-state index in [1.807, 2.05) is 14.1 Å². The highest BCUT2D eigenvalue weighted by atomic mass is 16.5. The smallest absolute Gasteiger partial charge is 0.227 e. The molecule has 19 heavy (non-hydrogen) atoms. The van der Waals surface area contributed by atoms with E-state index in [9.17, 15) is 0 Å². The molecule has 6 nitrogen and oxygen atoms in total. The van der Waals surface area contributed by atoms with Crippen LogP contribution >= 0.6 is 0 Å². The summed E-state index contributed by atoms with van der Waals surface area (Å²) in [5.41, 5.74) is 2.44. The van der Waals surface area contributed by atoms with Gasteiger partial charge in [0.1, 0.15) is 5.82 Å². The normalized spacial score (nSPS) is 19.2. The number of anilines is 2. The van der Waals surface area contributed by atoms with Crippen molar-refractivity contribution in [3.05, 3.63) is 11.3 Å². The van der Waals surface area contributed by atoms with Crippen LogP contribution in [0, 0.1) is 0 Å². The third-order valence-electron chi connectivity index (χ3n) is 3.62. The third-order valence-corrected chi connectivity index (χ3v) is 3.62. The number of hydrogen-bond donors (Lipinski definition) is 1. The van der Waals surface area contributed by atoms with Crippen molar-refractivity contribution in [1.82, 2.24) is 15.3 Å². The average Bonchev–Trinajstić information content (AvgIpc) is 2.47. The van der Waals surface area contributed by atoms with E-state index in [2.05, 4.69) is 15.1 Å². The number of ether oxygens (including phenoxy) is 1. The number of morpholine rings is 1. The molecule has 104 valence electrons. The van der Waals surface area contributed by atoms with Crippen LogP contribution < -0.4 is 15.1 Å². The molecule has 0 atom stereocenters. The lowest BCUT2D eigenvalue weighted by atomic mass is 10.1. The van der Waals surface area contributed by atoms with Crippen LogP contribution in [-0.2, 0) is 17.7 Å². The van der Waals surface area contributed by atoms with Crippen molar-refractivity contribution in [2.75, 3.05) is 56.7 Å². The average molecular weight is 263 g/mol. The number of nitrogens with one attached hydrogen (secondary N) is 1. The van der Waals surface area contributed by atoms with Crippen LogP contribution in [0.1, 0.15) is 11.3 Å². The monoisotopic (exact) mass is 263 g/mol. The molecule has 0 aromatic carbocycles. The zero-order chi connectivity index (χ0) is 13.2. The Morgan fingerprint density at radius 1 is 1.21 bits per heavy atom. The molecule has 3 rings (SSSR count). The summed E-state index contributed by atoms with van der Waals surface area (Å²) in [6.45, 7) is 5.15. The summed E-state index contributed by atoms with van der Waals surface area (Å²) in [4.78, 5) is 13.8. The summed E-state index contributed by atoms with van der Waals surface area (Å²) in [6.07, 6.45) is 0.982. The summed E-state index contributed by atoms with van der Waals surface area (Å²) in [6, 6.07) is 0. The Morgan fingerprint density at radius 2 is 2.00 bits per heavy atom. The molecule has 1 aromatic rings. The first kappa shape index (κ1) is 12.6. The van der Waals surface area contributed by atoms with Gasteiger partial charge in [0.05, 0.1) is 18.9 Å². The predicted octanol–water partition coefficient (Wildman–Crippen LogP) is 0.0249. The molecular weight excluding hydrogens is 242 g/mol. The second-order valence-electron chi connectivity index (χ2n) is 5.19. The van der Waals surface area contributed by atoms with Crippen molar-refractivity contribution < 1.29 is 4.74 Å². The first-order valence-corrected chi connectivity index (χ1v) is 6.86. The maximum Gasteiger partial charge on any atom is 0.227 e. The summed E-state index contributed by atoms with van der Waals surface area (Å²) < 4.78 is 5.39. The van der Waals surface area contributed by atoms with Gasteiger partial charge in [0.25, 0.3) is 0 Å². The molecule has 0 unspecified atom stereocenters. The minimum atomic E-state index is 0.763. The lowest BCUT2D eigenvalue weighted by molar-refractivity contribution is 0.122. The highest BCUT2D eigenvalue weighted by Crippen LogP contribution is 2.25. The number of nitrogens with zero attached hydrogens (tertiary/aromatic N) is 4. The zero-order valence-electron chi connectivity index (χ0n) is 11.6. The van der Waals surface area contributed by atoms with Gasteiger partial charge in [0.2, 0.25) is 5.95 Å². The molecule has 0 bridgehead atoms. The van der Waals surface area contributed by atoms with Gasteiger partial charge in [0, 0.05) is 52.3 Å². The van der Waals surface area contributed by atoms with Gasteiger partial charge < -0.3 is 19.9 Å². The second-order valence-corrected chi connectivity index (χ2v) is 5.19. The van der Waals surface area contributed by atoms with Crippen molar-refractivity contribution >= 4 is 11.8 Å². The molecule has 1 aromatic heterocycles. The highest BCUT2D eigenvalue weighted by Gasteiger charge is 2.22. The van der Waals surface area contributed by atoms with Crippen LogP contribution in [0.4, 0.5) is 11.8 Å². The largest absolute Gasteiger partial charge is 0.378 e. The van der Waals surface area contributed by atoms with Crippen molar-refractivity contribution in [3.8, 4) is 0 Å². The molecule has 0 amide bonds. The lowest BCUT2D eigenvalue weighted by Crippen LogP contribution is -2.38. The number of aromatic nitrogens is 2. The maximum absolute atomic E-state index is 5.39. The third kappa shape index (κ3) is 2.50. The molecule has 0 saturated carbocycles. The maximum atomic E-state index is 5.39. The minimum Gasteiger partial charge on any atom is -0.378 e. The second kappa shape index (κ2) is 5.30. The lowest BCUT2D eigenvalue weighted by Gasteiger charge is -2.30. The topological polar surface area (TPSA) is 53.5 Å². The summed E-state index contributed by atoms with van der Waals surface area (Å²) in [5.74, 6) is 1.89. The van der Waals surface area contributed by atoms with Crippen molar-refractivity contribution in [1.29, 1.82) is 0 Å². The first-order valence-electron chi connectivity index (χ1n) is 6.86. The van der Waals surface area contributed by atoms with Gasteiger partial charge in [-0.15, -0.1) is 0 Å². The summed E-state index contributed by atoms with van der Waals surface area (Å²) in [7, 11) is 4.08. The van der Waals surface area contributed by atoms with E-state index in [1.54, 1.807) is 0 Å². The Hall–Kier alpha value is -1.40. The predicted molar refractivity (Wildman–Crippen MR) is 74.8 cm³/mol. The van der Waals surface area contributed by atoms with Gasteiger partial charge in [-0.25, -0.2) is 4.98 Å². The standard InChI is InChI=1S/C13H21N5O/c1-17(2)12-10-9-14-4-3-11(10)15-13(16-12)18-5-7-19-8-6-18/h14H,3-9H2,1-2H3. The van der Waals surface area contributed by atoms with Gasteiger partial charge in [-0.2, -0.15) is 4.98 Å². The fourth-order valence-corrected chi connectivity index (χ4v) is 2.59.